The summed E-state index contributed by atoms with van der Waals surface area (Å²) in [6.45, 7) is 2.77. The highest BCUT2D eigenvalue weighted by atomic mass is 79.9. The van der Waals surface area contributed by atoms with Crippen LogP contribution in [-0.2, 0) is 9.53 Å². The van der Waals surface area contributed by atoms with Gasteiger partial charge in [-0.2, -0.15) is 0 Å². The SMILES string of the molecule is COCCCNC(=O)C(C)Oc1ccc(F)c(Br)c1. The number of hydrogen-bond donors (Lipinski definition) is 1. The molecule has 6 heteroatoms. The van der Waals surface area contributed by atoms with E-state index in [0.717, 1.165) is 6.42 Å². The Hall–Kier alpha value is -1.14. The first-order chi connectivity index (χ1) is 9.04. The second kappa shape index (κ2) is 8.12. The van der Waals surface area contributed by atoms with E-state index in [2.05, 4.69) is 21.2 Å². The molecule has 0 saturated heterocycles. The lowest BCUT2D eigenvalue weighted by molar-refractivity contribution is -0.127. The topological polar surface area (TPSA) is 47.6 Å². The van der Waals surface area contributed by atoms with Gasteiger partial charge in [0.25, 0.3) is 5.91 Å². The molecule has 0 fully saturated rings. The Morgan fingerprint density at radius 2 is 2.26 bits per heavy atom. The first-order valence-corrected chi connectivity index (χ1v) is 6.72. The predicted octanol–water partition coefficient (Wildman–Crippen LogP) is 2.51. The Morgan fingerprint density at radius 3 is 2.89 bits per heavy atom. The van der Waals surface area contributed by atoms with Gasteiger partial charge in [-0.05, 0) is 47.5 Å². The number of ether oxygens (including phenoxy) is 2. The number of hydrogen-bond acceptors (Lipinski definition) is 3. The number of rotatable bonds is 7. The molecule has 1 unspecified atom stereocenters. The summed E-state index contributed by atoms with van der Waals surface area (Å²) in [5.41, 5.74) is 0. The summed E-state index contributed by atoms with van der Waals surface area (Å²) >= 11 is 3.06. The van der Waals surface area contributed by atoms with E-state index in [9.17, 15) is 9.18 Å². The molecule has 0 spiro atoms. The Kier molecular flexibility index (Phi) is 6.80. The summed E-state index contributed by atoms with van der Waals surface area (Å²) in [4.78, 5) is 11.7. The first kappa shape index (κ1) is 15.9. The minimum absolute atomic E-state index is 0.212. The van der Waals surface area contributed by atoms with Gasteiger partial charge in [-0.15, -0.1) is 0 Å². The number of carbonyl (C=O) groups is 1. The second-order valence-electron chi connectivity index (χ2n) is 3.97. The number of carbonyl (C=O) groups excluding carboxylic acids is 1. The van der Waals surface area contributed by atoms with Crippen molar-refractivity contribution in [2.75, 3.05) is 20.3 Å². The van der Waals surface area contributed by atoms with Gasteiger partial charge in [0.15, 0.2) is 6.10 Å². The zero-order valence-corrected chi connectivity index (χ0v) is 12.5. The maximum Gasteiger partial charge on any atom is 0.260 e. The van der Waals surface area contributed by atoms with Crippen LogP contribution >= 0.6 is 15.9 Å². The van der Waals surface area contributed by atoms with Gasteiger partial charge in [-0.3, -0.25) is 4.79 Å². The average Bonchev–Trinajstić information content (AvgIpc) is 2.38. The standard InChI is InChI=1S/C13H17BrFNO3/c1-9(13(17)16-6-3-7-18-2)19-10-4-5-12(15)11(14)8-10/h4-5,8-9H,3,6-7H2,1-2H3,(H,16,17). The minimum Gasteiger partial charge on any atom is -0.481 e. The summed E-state index contributed by atoms with van der Waals surface area (Å²) in [7, 11) is 1.61. The molecular formula is C13H17BrFNO3. The fourth-order valence-corrected chi connectivity index (χ4v) is 1.74. The lowest BCUT2D eigenvalue weighted by Crippen LogP contribution is -2.37. The van der Waals surface area contributed by atoms with Crippen LogP contribution in [0.1, 0.15) is 13.3 Å². The molecule has 0 aliphatic rings. The number of amides is 1. The zero-order chi connectivity index (χ0) is 14.3. The smallest absolute Gasteiger partial charge is 0.260 e. The van der Waals surface area contributed by atoms with Crippen molar-refractivity contribution in [3.05, 3.63) is 28.5 Å². The van der Waals surface area contributed by atoms with E-state index in [1.165, 1.54) is 18.2 Å². The Bertz CT molecular complexity index is 428. The highest BCUT2D eigenvalue weighted by Crippen LogP contribution is 2.22. The van der Waals surface area contributed by atoms with Gasteiger partial charge in [0.1, 0.15) is 11.6 Å². The molecule has 0 saturated carbocycles. The maximum atomic E-state index is 13.0. The van der Waals surface area contributed by atoms with Crippen molar-refractivity contribution in [2.24, 2.45) is 0 Å². The monoisotopic (exact) mass is 333 g/mol. The molecule has 1 atom stereocenters. The Morgan fingerprint density at radius 1 is 1.53 bits per heavy atom. The van der Waals surface area contributed by atoms with Crippen molar-refractivity contribution >= 4 is 21.8 Å². The normalized spacial score (nSPS) is 12.0. The minimum atomic E-state index is -0.639. The summed E-state index contributed by atoms with van der Waals surface area (Å²) in [6.07, 6.45) is 0.108. The molecule has 0 aliphatic carbocycles. The van der Waals surface area contributed by atoms with Crippen LogP contribution in [-0.4, -0.2) is 32.3 Å². The highest BCUT2D eigenvalue weighted by molar-refractivity contribution is 9.10. The maximum absolute atomic E-state index is 13.0. The molecule has 19 heavy (non-hydrogen) atoms. The molecule has 0 radical (unpaired) electrons. The van der Waals surface area contributed by atoms with Crippen LogP contribution in [0, 0.1) is 5.82 Å². The van der Waals surface area contributed by atoms with Crippen LogP contribution in [0.5, 0.6) is 5.75 Å². The van der Waals surface area contributed by atoms with Crippen LogP contribution in [0.15, 0.2) is 22.7 Å². The first-order valence-electron chi connectivity index (χ1n) is 5.93. The molecule has 1 aromatic rings. The molecule has 0 heterocycles. The molecule has 0 aliphatic heterocycles. The van der Waals surface area contributed by atoms with Gasteiger partial charge in [-0.1, -0.05) is 0 Å². The summed E-state index contributed by atoms with van der Waals surface area (Å²) in [6, 6.07) is 4.25. The van der Waals surface area contributed by atoms with Crippen LogP contribution in [0.3, 0.4) is 0 Å². The van der Waals surface area contributed by atoms with Crippen LogP contribution < -0.4 is 10.1 Å². The molecule has 4 nitrogen and oxygen atoms in total. The largest absolute Gasteiger partial charge is 0.481 e. The number of benzene rings is 1. The molecular weight excluding hydrogens is 317 g/mol. The van der Waals surface area contributed by atoms with Gasteiger partial charge < -0.3 is 14.8 Å². The summed E-state index contributed by atoms with van der Waals surface area (Å²) in [5.74, 6) is -0.145. The van der Waals surface area contributed by atoms with E-state index < -0.39 is 6.10 Å². The lowest BCUT2D eigenvalue weighted by atomic mass is 10.3. The quantitative estimate of drug-likeness (QED) is 0.780. The molecule has 0 bridgehead atoms. The summed E-state index contributed by atoms with van der Waals surface area (Å²) < 4.78 is 23.7. The van der Waals surface area contributed by atoms with E-state index in [1.807, 2.05) is 0 Å². The Balaban J connectivity index is 2.42. The van der Waals surface area contributed by atoms with E-state index >= 15 is 0 Å². The van der Waals surface area contributed by atoms with Crippen molar-refractivity contribution in [3.63, 3.8) is 0 Å². The Labute approximate surface area is 120 Å². The average molecular weight is 334 g/mol. The fourth-order valence-electron chi connectivity index (χ4n) is 1.38. The third kappa shape index (κ3) is 5.57. The van der Waals surface area contributed by atoms with Gasteiger partial charge in [-0.25, -0.2) is 4.39 Å². The fraction of sp³-hybridized carbons (Fsp3) is 0.462. The highest BCUT2D eigenvalue weighted by Gasteiger charge is 2.14. The van der Waals surface area contributed by atoms with Crippen molar-refractivity contribution in [1.82, 2.24) is 5.32 Å². The number of halogens is 2. The van der Waals surface area contributed by atoms with Gasteiger partial charge in [0.2, 0.25) is 0 Å². The van der Waals surface area contributed by atoms with E-state index in [4.69, 9.17) is 9.47 Å². The molecule has 0 aromatic heterocycles. The van der Waals surface area contributed by atoms with Crippen LogP contribution in [0.4, 0.5) is 4.39 Å². The van der Waals surface area contributed by atoms with Crippen molar-refractivity contribution in [3.8, 4) is 5.75 Å². The van der Waals surface area contributed by atoms with E-state index in [0.29, 0.717) is 23.4 Å². The van der Waals surface area contributed by atoms with Crippen molar-refractivity contribution in [2.45, 2.75) is 19.4 Å². The van der Waals surface area contributed by atoms with E-state index in [1.54, 1.807) is 14.0 Å². The number of nitrogens with one attached hydrogen (secondary N) is 1. The van der Waals surface area contributed by atoms with E-state index in [-0.39, 0.29) is 11.7 Å². The van der Waals surface area contributed by atoms with Crippen LogP contribution in [0.2, 0.25) is 0 Å². The molecule has 1 rings (SSSR count). The number of methoxy groups -OCH3 is 1. The second-order valence-corrected chi connectivity index (χ2v) is 4.83. The summed E-state index contributed by atoms with van der Waals surface area (Å²) in [5, 5.41) is 2.73. The predicted molar refractivity (Wildman–Crippen MR) is 73.7 cm³/mol. The van der Waals surface area contributed by atoms with Crippen molar-refractivity contribution in [1.29, 1.82) is 0 Å². The van der Waals surface area contributed by atoms with Gasteiger partial charge >= 0.3 is 0 Å². The third-order valence-electron chi connectivity index (χ3n) is 2.40. The zero-order valence-electron chi connectivity index (χ0n) is 10.9. The van der Waals surface area contributed by atoms with Crippen molar-refractivity contribution < 1.29 is 18.7 Å². The van der Waals surface area contributed by atoms with Gasteiger partial charge in [0.05, 0.1) is 4.47 Å². The third-order valence-corrected chi connectivity index (χ3v) is 3.01. The van der Waals surface area contributed by atoms with Gasteiger partial charge in [0, 0.05) is 20.3 Å². The molecule has 1 N–H and O–H groups in total. The molecule has 106 valence electrons. The lowest BCUT2D eigenvalue weighted by Gasteiger charge is -2.15. The van der Waals surface area contributed by atoms with Crippen LogP contribution in [0.25, 0.3) is 0 Å². The molecule has 1 amide bonds. The molecule has 1 aromatic carbocycles.